The van der Waals surface area contributed by atoms with Crippen molar-refractivity contribution in [3.63, 3.8) is 0 Å². The number of likely N-dealkylation sites (tertiary alicyclic amines) is 1. The van der Waals surface area contributed by atoms with Crippen molar-refractivity contribution in [1.29, 1.82) is 0 Å². The number of carbonyl (C=O) groups is 2. The number of carbonyl (C=O) groups excluding carboxylic acids is 2. The number of hydrogen-bond acceptors (Lipinski definition) is 6. The monoisotopic (exact) mass is 426 g/mol. The molecule has 1 aromatic carbocycles. The highest BCUT2D eigenvalue weighted by molar-refractivity contribution is 7.12. The number of piperidine rings is 1. The van der Waals surface area contributed by atoms with Crippen molar-refractivity contribution in [2.45, 2.75) is 25.3 Å². The molecular formula is C23H26N2O4S. The van der Waals surface area contributed by atoms with Gasteiger partial charge in [-0.3, -0.25) is 9.59 Å². The van der Waals surface area contributed by atoms with E-state index in [1.807, 2.05) is 29.6 Å². The van der Waals surface area contributed by atoms with E-state index in [-0.39, 0.29) is 11.4 Å². The number of ether oxygens (including phenoxy) is 1. The molecular weight excluding hydrogens is 400 g/mol. The largest absolute Gasteiger partial charge is 0.503 e. The Balaban J connectivity index is 1.66. The quantitative estimate of drug-likeness (QED) is 0.682. The number of aliphatic hydroxyl groups excluding tert-OH is 1. The van der Waals surface area contributed by atoms with E-state index >= 15 is 0 Å². The maximum Gasteiger partial charge on any atom is 0.290 e. The van der Waals surface area contributed by atoms with Gasteiger partial charge in [-0.2, -0.15) is 0 Å². The van der Waals surface area contributed by atoms with E-state index in [9.17, 15) is 14.7 Å². The van der Waals surface area contributed by atoms with Crippen molar-refractivity contribution in [1.82, 2.24) is 9.80 Å². The fourth-order valence-electron chi connectivity index (χ4n) is 4.22. The molecule has 1 atom stereocenters. The van der Waals surface area contributed by atoms with Crippen molar-refractivity contribution in [2.24, 2.45) is 0 Å². The number of amides is 1. The summed E-state index contributed by atoms with van der Waals surface area (Å²) in [5, 5.41) is 12.5. The molecule has 1 unspecified atom stereocenters. The molecule has 2 aliphatic rings. The highest BCUT2D eigenvalue weighted by atomic mass is 32.1. The van der Waals surface area contributed by atoms with E-state index < -0.39 is 17.7 Å². The number of Topliss-reactive ketones (excluding diaryl/α,β-unsaturated/α-hetero) is 1. The standard InChI is InChI=1S/C23H26N2O4S/c1-29-17-9-7-16(8-10-17)20-19(21(26)18-6-5-15-30-18)22(27)23(28)25(20)14-13-24-11-3-2-4-12-24/h5-10,15,20,27H,2-4,11-14H2,1H3. The molecule has 3 heterocycles. The first-order valence-corrected chi connectivity index (χ1v) is 11.2. The lowest BCUT2D eigenvalue weighted by Crippen LogP contribution is -2.40. The predicted octanol–water partition coefficient (Wildman–Crippen LogP) is 3.82. The van der Waals surface area contributed by atoms with Crippen LogP contribution in [0.15, 0.2) is 53.1 Å². The molecule has 1 N–H and O–H groups in total. The Bertz CT molecular complexity index is 931. The molecule has 1 amide bonds. The molecule has 158 valence electrons. The van der Waals surface area contributed by atoms with Crippen LogP contribution in [0.4, 0.5) is 0 Å². The van der Waals surface area contributed by atoms with Crippen LogP contribution in [0.1, 0.15) is 40.5 Å². The van der Waals surface area contributed by atoms with Crippen LogP contribution in [0, 0.1) is 0 Å². The molecule has 0 radical (unpaired) electrons. The Labute approximate surface area is 180 Å². The Morgan fingerprint density at radius 2 is 1.87 bits per heavy atom. The van der Waals surface area contributed by atoms with Crippen molar-refractivity contribution in [2.75, 3.05) is 33.3 Å². The van der Waals surface area contributed by atoms with Crippen molar-refractivity contribution < 1.29 is 19.4 Å². The summed E-state index contributed by atoms with van der Waals surface area (Å²) in [6, 6.07) is 10.2. The van der Waals surface area contributed by atoms with E-state index in [2.05, 4.69) is 4.90 Å². The summed E-state index contributed by atoms with van der Waals surface area (Å²) in [6.07, 6.45) is 3.58. The molecule has 7 heteroatoms. The van der Waals surface area contributed by atoms with Crippen LogP contribution in [-0.4, -0.2) is 59.9 Å². The van der Waals surface area contributed by atoms with Crippen LogP contribution in [-0.2, 0) is 4.79 Å². The van der Waals surface area contributed by atoms with Gasteiger partial charge in [0.15, 0.2) is 5.76 Å². The summed E-state index contributed by atoms with van der Waals surface area (Å²) in [7, 11) is 1.59. The number of benzene rings is 1. The lowest BCUT2D eigenvalue weighted by Gasteiger charge is -2.31. The SMILES string of the molecule is COc1ccc(C2C(C(=O)c3cccs3)=C(O)C(=O)N2CCN2CCCCC2)cc1. The zero-order chi connectivity index (χ0) is 21.1. The maximum atomic E-state index is 13.2. The minimum Gasteiger partial charge on any atom is -0.503 e. The van der Waals surface area contributed by atoms with Gasteiger partial charge in [0.25, 0.3) is 5.91 Å². The molecule has 0 saturated carbocycles. The van der Waals surface area contributed by atoms with E-state index in [1.165, 1.54) is 30.6 Å². The molecule has 2 aliphatic heterocycles. The van der Waals surface area contributed by atoms with E-state index in [1.54, 1.807) is 24.1 Å². The van der Waals surface area contributed by atoms with Crippen molar-refractivity contribution in [3.8, 4) is 5.75 Å². The average Bonchev–Trinajstić information content (AvgIpc) is 3.41. The first-order chi connectivity index (χ1) is 14.6. The van der Waals surface area contributed by atoms with Crippen molar-refractivity contribution in [3.05, 3.63) is 63.6 Å². The van der Waals surface area contributed by atoms with E-state index in [4.69, 9.17) is 4.74 Å². The minimum absolute atomic E-state index is 0.159. The first kappa shape index (κ1) is 20.6. The average molecular weight is 427 g/mol. The van der Waals surface area contributed by atoms with Gasteiger partial charge in [0.2, 0.25) is 5.78 Å². The zero-order valence-electron chi connectivity index (χ0n) is 17.0. The van der Waals surface area contributed by atoms with Crippen molar-refractivity contribution >= 4 is 23.0 Å². The van der Waals surface area contributed by atoms with Crippen LogP contribution < -0.4 is 4.74 Å². The lowest BCUT2D eigenvalue weighted by atomic mass is 9.95. The third kappa shape index (κ3) is 4.00. The second kappa shape index (κ2) is 9.02. The fraction of sp³-hybridized carbons (Fsp3) is 0.391. The second-order valence-electron chi connectivity index (χ2n) is 7.65. The van der Waals surface area contributed by atoms with Crippen LogP contribution in [0.25, 0.3) is 0 Å². The summed E-state index contributed by atoms with van der Waals surface area (Å²) >= 11 is 1.31. The zero-order valence-corrected chi connectivity index (χ0v) is 17.9. The Morgan fingerprint density at radius 1 is 1.13 bits per heavy atom. The van der Waals surface area contributed by atoms with Gasteiger partial charge in [-0.1, -0.05) is 24.6 Å². The number of nitrogens with zero attached hydrogens (tertiary/aromatic N) is 2. The summed E-state index contributed by atoms with van der Waals surface area (Å²) in [5.41, 5.74) is 0.943. The topological polar surface area (TPSA) is 70.1 Å². The number of hydrogen-bond donors (Lipinski definition) is 1. The van der Waals surface area contributed by atoms with Gasteiger partial charge in [-0.15, -0.1) is 11.3 Å². The van der Waals surface area contributed by atoms with Crippen LogP contribution >= 0.6 is 11.3 Å². The number of ketones is 1. The Kier molecular flexibility index (Phi) is 6.20. The molecule has 1 saturated heterocycles. The molecule has 0 bridgehead atoms. The summed E-state index contributed by atoms with van der Waals surface area (Å²) < 4.78 is 5.25. The highest BCUT2D eigenvalue weighted by Gasteiger charge is 2.43. The first-order valence-electron chi connectivity index (χ1n) is 10.3. The number of rotatable bonds is 7. The van der Waals surface area contributed by atoms with E-state index in [0.29, 0.717) is 17.2 Å². The van der Waals surface area contributed by atoms with Crippen LogP contribution in [0.2, 0.25) is 0 Å². The van der Waals surface area contributed by atoms with Gasteiger partial charge in [-0.05, 0) is 55.1 Å². The van der Waals surface area contributed by atoms with Gasteiger partial charge >= 0.3 is 0 Å². The molecule has 4 rings (SSSR count). The summed E-state index contributed by atoms with van der Waals surface area (Å²) in [5.74, 6) is -0.514. The summed E-state index contributed by atoms with van der Waals surface area (Å²) in [4.78, 5) is 30.7. The Hall–Kier alpha value is -2.64. The van der Waals surface area contributed by atoms with Gasteiger partial charge in [0, 0.05) is 13.1 Å². The van der Waals surface area contributed by atoms with E-state index in [0.717, 1.165) is 25.2 Å². The molecule has 2 aromatic rings. The third-order valence-electron chi connectivity index (χ3n) is 5.83. The Morgan fingerprint density at radius 3 is 2.50 bits per heavy atom. The fourth-order valence-corrected chi connectivity index (χ4v) is 4.90. The second-order valence-corrected chi connectivity index (χ2v) is 8.59. The van der Waals surface area contributed by atoms with Gasteiger partial charge in [-0.25, -0.2) is 0 Å². The van der Waals surface area contributed by atoms with Crippen LogP contribution in [0.3, 0.4) is 0 Å². The predicted molar refractivity (Wildman–Crippen MR) is 116 cm³/mol. The number of methoxy groups -OCH3 is 1. The lowest BCUT2D eigenvalue weighted by molar-refractivity contribution is -0.129. The molecule has 6 nitrogen and oxygen atoms in total. The minimum atomic E-state index is -0.609. The summed E-state index contributed by atoms with van der Waals surface area (Å²) in [6.45, 7) is 3.23. The van der Waals surface area contributed by atoms with Crippen LogP contribution in [0.5, 0.6) is 5.75 Å². The third-order valence-corrected chi connectivity index (χ3v) is 6.70. The molecule has 1 aromatic heterocycles. The highest BCUT2D eigenvalue weighted by Crippen LogP contribution is 2.39. The molecule has 1 fully saturated rings. The van der Waals surface area contributed by atoms with Gasteiger partial charge < -0.3 is 19.6 Å². The smallest absolute Gasteiger partial charge is 0.290 e. The molecule has 0 spiro atoms. The van der Waals surface area contributed by atoms with Gasteiger partial charge in [0.1, 0.15) is 5.75 Å². The number of aliphatic hydroxyl groups is 1. The molecule has 0 aliphatic carbocycles. The maximum absolute atomic E-state index is 13.2. The molecule has 30 heavy (non-hydrogen) atoms. The van der Waals surface area contributed by atoms with Gasteiger partial charge in [0.05, 0.1) is 23.6 Å². The number of thiophene rings is 1. The normalized spacial score (nSPS) is 20.1.